The lowest BCUT2D eigenvalue weighted by atomic mass is 10.2. The molecule has 25 heavy (non-hydrogen) atoms. The minimum Gasteiger partial charge on any atom is -0.366 e. The number of halogens is 1. The number of anilines is 2. The Morgan fingerprint density at radius 1 is 0.840 bits per heavy atom. The van der Waals surface area contributed by atoms with Gasteiger partial charge in [0, 0.05) is 50.3 Å². The first-order chi connectivity index (χ1) is 12.3. The summed E-state index contributed by atoms with van der Waals surface area (Å²) in [6, 6.07) is 12.7. The summed E-state index contributed by atoms with van der Waals surface area (Å²) in [5.41, 5.74) is 2.48. The molecule has 0 saturated carbocycles. The van der Waals surface area contributed by atoms with Gasteiger partial charge in [-0.15, -0.1) is 0 Å². The normalized spacial score (nSPS) is 14.6. The summed E-state index contributed by atoms with van der Waals surface area (Å²) in [7, 11) is 0. The van der Waals surface area contributed by atoms with Crippen LogP contribution in [0.4, 0.5) is 16.0 Å². The van der Waals surface area contributed by atoms with Crippen molar-refractivity contribution in [1.82, 2.24) is 15.0 Å². The van der Waals surface area contributed by atoms with Gasteiger partial charge in [0.25, 0.3) is 0 Å². The maximum atomic E-state index is 13.9. The van der Waals surface area contributed by atoms with E-state index in [1.165, 1.54) is 6.07 Å². The van der Waals surface area contributed by atoms with E-state index in [1.54, 1.807) is 24.7 Å². The molecule has 0 N–H and O–H groups in total. The molecule has 0 amide bonds. The minimum absolute atomic E-state index is 0.175. The Kier molecular flexibility index (Phi) is 4.24. The smallest absolute Gasteiger partial charge is 0.225 e. The predicted octanol–water partition coefficient (Wildman–Crippen LogP) is 3.00. The highest BCUT2D eigenvalue weighted by Gasteiger charge is 2.21. The van der Waals surface area contributed by atoms with E-state index in [2.05, 4.69) is 24.8 Å². The first-order valence-electron chi connectivity index (χ1n) is 8.29. The summed E-state index contributed by atoms with van der Waals surface area (Å²) >= 11 is 0. The largest absolute Gasteiger partial charge is 0.366 e. The van der Waals surface area contributed by atoms with Crippen LogP contribution < -0.4 is 9.80 Å². The van der Waals surface area contributed by atoms with Crippen LogP contribution in [0, 0.1) is 5.82 Å². The van der Waals surface area contributed by atoms with Crippen LogP contribution in [0.2, 0.25) is 0 Å². The molecule has 5 nitrogen and oxygen atoms in total. The minimum atomic E-state index is -0.175. The number of rotatable bonds is 3. The second-order valence-corrected chi connectivity index (χ2v) is 5.91. The Hall–Kier alpha value is -3.02. The highest BCUT2D eigenvalue weighted by molar-refractivity contribution is 5.59. The van der Waals surface area contributed by atoms with Gasteiger partial charge < -0.3 is 9.80 Å². The lowest BCUT2D eigenvalue weighted by Gasteiger charge is -2.36. The van der Waals surface area contributed by atoms with E-state index < -0.39 is 0 Å². The second kappa shape index (κ2) is 6.84. The molecule has 0 bridgehead atoms. The first kappa shape index (κ1) is 15.5. The fourth-order valence-corrected chi connectivity index (χ4v) is 3.03. The number of aromatic nitrogens is 3. The molecule has 1 saturated heterocycles. The number of nitrogens with zero attached hydrogens (tertiary/aromatic N) is 5. The summed E-state index contributed by atoms with van der Waals surface area (Å²) < 4.78 is 13.9. The molecule has 2 aromatic heterocycles. The highest BCUT2D eigenvalue weighted by Crippen LogP contribution is 2.22. The van der Waals surface area contributed by atoms with E-state index in [-0.39, 0.29) is 5.82 Å². The molecule has 0 atom stereocenters. The molecule has 1 aromatic carbocycles. The number of pyridine rings is 1. The molecule has 0 radical (unpaired) electrons. The van der Waals surface area contributed by atoms with Crippen LogP contribution in [-0.2, 0) is 0 Å². The van der Waals surface area contributed by atoms with Crippen LogP contribution >= 0.6 is 0 Å². The van der Waals surface area contributed by atoms with Gasteiger partial charge in [0.1, 0.15) is 5.82 Å². The monoisotopic (exact) mass is 335 g/mol. The van der Waals surface area contributed by atoms with E-state index in [1.807, 2.05) is 30.3 Å². The van der Waals surface area contributed by atoms with Crippen LogP contribution in [0.1, 0.15) is 0 Å². The number of hydrogen-bond donors (Lipinski definition) is 0. The third-order valence-corrected chi connectivity index (χ3v) is 4.36. The molecule has 4 rings (SSSR count). The summed E-state index contributed by atoms with van der Waals surface area (Å²) in [6.45, 7) is 2.98. The van der Waals surface area contributed by atoms with Crippen molar-refractivity contribution < 1.29 is 4.39 Å². The Bertz CT molecular complexity index is 847. The first-order valence-corrected chi connectivity index (χ1v) is 8.29. The summed E-state index contributed by atoms with van der Waals surface area (Å²) in [4.78, 5) is 17.4. The standard InChI is InChI=1S/C19H18FN5/c20-16-5-1-2-6-18(16)24-10-12-25(13-11-24)19-22-9-7-17(23-19)15-4-3-8-21-14-15/h1-9,14H,10-13H2. The number of para-hydroxylation sites is 1. The maximum absolute atomic E-state index is 13.9. The van der Waals surface area contributed by atoms with Crippen molar-refractivity contribution >= 4 is 11.6 Å². The molecule has 1 fully saturated rings. The highest BCUT2D eigenvalue weighted by atomic mass is 19.1. The Morgan fingerprint density at radius 3 is 2.40 bits per heavy atom. The van der Waals surface area contributed by atoms with Gasteiger partial charge in [-0.2, -0.15) is 0 Å². The molecular formula is C19H18FN5. The Balaban J connectivity index is 1.49. The van der Waals surface area contributed by atoms with E-state index in [0.717, 1.165) is 37.4 Å². The lowest BCUT2D eigenvalue weighted by molar-refractivity contribution is 0.594. The van der Waals surface area contributed by atoms with Gasteiger partial charge in [-0.05, 0) is 30.3 Å². The molecule has 3 aromatic rings. The van der Waals surface area contributed by atoms with Crippen molar-refractivity contribution in [1.29, 1.82) is 0 Å². The van der Waals surface area contributed by atoms with Crippen molar-refractivity contribution in [3.8, 4) is 11.3 Å². The zero-order valence-corrected chi connectivity index (χ0v) is 13.7. The van der Waals surface area contributed by atoms with Crippen molar-refractivity contribution in [2.75, 3.05) is 36.0 Å². The third-order valence-electron chi connectivity index (χ3n) is 4.36. The number of piperazine rings is 1. The van der Waals surface area contributed by atoms with E-state index in [9.17, 15) is 4.39 Å². The average Bonchev–Trinajstić information content (AvgIpc) is 2.69. The molecule has 0 spiro atoms. The number of hydrogen-bond acceptors (Lipinski definition) is 5. The summed E-state index contributed by atoms with van der Waals surface area (Å²) in [5, 5.41) is 0. The van der Waals surface area contributed by atoms with Gasteiger partial charge in [-0.25, -0.2) is 14.4 Å². The van der Waals surface area contributed by atoms with Crippen molar-refractivity contribution in [2.45, 2.75) is 0 Å². The van der Waals surface area contributed by atoms with Crippen molar-refractivity contribution in [3.05, 3.63) is 66.9 Å². The number of benzene rings is 1. The quantitative estimate of drug-likeness (QED) is 0.736. The lowest BCUT2D eigenvalue weighted by Crippen LogP contribution is -2.47. The van der Waals surface area contributed by atoms with Gasteiger partial charge in [-0.3, -0.25) is 4.98 Å². The third kappa shape index (κ3) is 3.28. The van der Waals surface area contributed by atoms with E-state index in [4.69, 9.17) is 0 Å². The second-order valence-electron chi connectivity index (χ2n) is 5.91. The van der Waals surface area contributed by atoms with Crippen LogP contribution in [0.25, 0.3) is 11.3 Å². The van der Waals surface area contributed by atoms with Crippen LogP contribution in [0.5, 0.6) is 0 Å². The molecule has 126 valence electrons. The average molecular weight is 335 g/mol. The fraction of sp³-hybridized carbons (Fsp3) is 0.211. The molecule has 0 aliphatic carbocycles. The Labute approximate surface area is 145 Å². The molecule has 0 unspecified atom stereocenters. The Morgan fingerprint density at radius 2 is 1.64 bits per heavy atom. The fourth-order valence-electron chi connectivity index (χ4n) is 3.03. The van der Waals surface area contributed by atoms with Crippen LogP contribution in [0.3, 0.4) is 0 Å². The zero-order valence-electron chi connectivity index (χ0n) is 13.7. The topological polar surface area (TPSA) is 45.2 Å². The van der Waals surface area contributed by atoms with Crippen LogP contribution in [-0.4, -0.2) is 41.1 Å². The van der Waals surface area contributed by atoms with Crippen molar-refractivity contribution in [3.63, 3.8) is 0 Å². The summed E-state index contributed by atoms with van der Waals surface area (Å²) in [6.07, 6.45) is 5.31. The van der Waals surface area contributed by atoms with Gasteiger partial charge in [-0.1, -0.05) is 12.1 Å². The van der Waals surface area contributed by atoms with Crippen molar-refractivity contribution in [2.24, 2.45) is 0 Å². The van der Waals surface area contributed by atoms with E-state index >= 15 is 0 Å². The maximum Gasteiger partial charge on any atom is 0.225 e. The molecular weight excluding hydrogens is 317 g/mol. The molecule has 1 aliphatic heterocycles. The SMILES string of the molecule is Fc1ccccc1N1CCN(c2nccc(-c3cccnc3)n2)CC1. The predicted molar refractivity (Wildman–Crippen MR) is 96.1 cm³/mol. The molecule has 1 aliphatic rings. The van der Waals surface area contributed by atoms with Gasteiger partial charge in [0.2, 0.25) is 5.95 Å². The van der Waals surface area contributed by atoms with Gasteiger partial charge in [0.15, 0.2) is 0 Å². The van der Waals surface area contributed by atoms with Crippen LogP contribution in [0.15, 0.2) is 61.1 Å². The molecule has 3 heterocycles. The molecule has 6 heteroatoms. The summed E-state index contributed by atoms with van der Waals surface area (Å²) in [5.74, 6) is 0.528. The van der Waals surface area contributed by atoms with Gasteiger partial charge >= 0.3 is 0 Å². The van der Waals surface area contributed by atoms with E-state index in [0.29, 0.717) is 11.6 Å². The zero-order chi connectivity index (χ0) is 17.1. The van der Waals surface area contributed by atoms with Gasteiger partial charge in [0.05, 0.1) is 11.4 Å².